The van der Waals surface area contributed by atoms with Crippen LogP contribution in [0.25, 0.3) is 12.2 Å². The molecular formula is C25H18Cl2SiTi. The summed E-state index contributed by atoms with van der Waals surface area (Å²) < 4.78 is 0. The van der Waals surface area contributed by atoms with Crippen LogP contribution in [0, 0.1) is 0 Å². The normalized spacial score (nSPS) is 21.7. The van der Waals surface area contributed by atoms with Gasteiger partial charge in [0.2, 0.25) is 0 Å². The van der Waals surface area contributed by atoms with Crippen molar-refractivity contribution in [2.45, 2.75) is 16.7 Å². The van der Waals surface area contributed by atoms with E-state index >= 15 is 0 Å². The Labute approximate surface area is 199 Å². The summed E-state index contributed by atoms with van der Waals surface area (Å²) in [4.78, 5) is -0.525. The molecule has 0 aliphatic heterocycles. The number of fused-ring (bicyclic) bond motifs is 2. The quantitative estimate of drug-likeness (QED) is 0.295. The maximum absolute atomic E-state index is 7.41. The fourth-order valence-corrected chi connectivity index (χ4v) is 6.56. The van der Waals surface area contributed by atoms with Crippen molar-refractivity contribution in [1.82, 2.24) is 0 Å². The number of hydrogen-bond donors (Lipinski definition) is 0. The third-order valence-electron chi connectivity index (χ3n) is 5.54. The fraction of sp³-hybridized carbons (Fsp3) is 0.120. The summed E-state index contributed by atoms with van der Waals surface area (Å²) in [5.41, 5.74) is 6.09. The number of rotatable bonds is 4. The van der Waals surface area contributed by atoms with Crippen LogP contribution in [0.3, 0.4) is 0 Å². The second-order valence-corrected chi connectivity index (χ2v) is 9.77. The van der Waals surface area contributed by atoms with Gasteiger partial charge in [0.1, 0.15) is 9.52 Å². The smallest absolute Gasteiger partial charge is 0.113 e. The fourth-order valence-electron chi connectivity index (χ4n) is 4.14. The number of halogens is 2. The van der Waals surface area contributed by atoms with Gasteiger partial charge in [-0.15, -0.1) is 23.2 Å². The van der Waals surface area contributed by atoms with Crippen molar-refractivity contribution in [2.75, 3.05) is 0 Å². The van der Waals surface area contributed by atoms with E-state index in [4.69, 9.17) is 23.2 Å². The van der Waals surface area contributed by atoms with Gasteiger partial charge in [0.15, 0.2) is 0 Å². The van der Waals surface area contributed by atoms with Gasteiger partial charge in [-0.05, 0) is 34.2 Å². The van der Waals surface area contributed by atoms with Gasteiger partial charge in [-0.3, -0.25) is 0 Å². The van der Waals surface area contributed by atoms with Gasteiger partial charge in [-0.1, -0.05) is 101 Å². The Morgan fingerprint density at radius 1 is 0.793 bits per heavy atom. The molecule has 2 aliphatic rings. The zero-order chi connectivity index (χ0) is 19.1. The zero-order valence-corrected chi connectivity index (χ0v) is 19.8. The molecule has 0 aromatic heterocycles. The third kappa shape index (κ3) is 3.76. The van der Waals surface area contributed by atoms with E-state index in [0.717, 1.165) is 6.42 Å². The van der Waals surface area contributed by atoms with Crippen LogP contribution >= 0.6 is 23.2 Å². The average molecular weight is 465 g/mol. The first-order valence-electron chi connectivity index (χ1n) is 9.41. The van der Waals surface area contributed by atoms with E-state index in [-0.39, 0.29) is 27.1 Å². The Morgan fingerprint density at radius 3 is 2.21 bits per heavy atom. The maximum Gasteiger partial charge on any atom is 0.115 e. The van der Waals surface area contributed by atoms with Crippen molar-refractivity contribution in [3.05, 3.63) is 117 Å². The first-order valence-corrected chi connectivity index (χ1v) is 11.2. The predicted molar refractivity (Wildman–Crippen MR) is 121 cm³/mol. The van der Waals surface area contributed by atoms with Gasteiger partial charge in [0, 0.05) is 21.7 Å². The molecule has 140 valence electrons. The molecule has 2 aliphatic carbocycles. The molecule has 0 amide bonds. The van der Waals surface area contributed by atoms with Crippen LogP contribution in [-0.4, -0.2) is 9.52 Å². The van der Waals surface area contributed by atoms with E-state index in [9.17, 15) is 0 Å². The van der Waals surface area contributed by atoms with Crippen LogP contribution in [0.4, 0.5) is 0 Å². The van der Waals surface area contributed by atoms with Crippen LogP contribution in [0.1, 0.15) is 33.2 Å². The molecule has 29 heavy (non-hydrogen) atoms. The second-order valence-electron chi connectivity index (χ2n) is 7.32. The molecule has 5 rings (SSSR count). The molecule has 0 saturated carbocycles. The van der Waals surface area contributed by atoms with Crippen molar-refractivity contribution < 1.29 is 21.7 Å². The number of alkyl halides is 2. The monoisotopic (exact) mass is 464 g/mol. The maximum atomic E-state index is 7.41. The molecule has 2 unspecified atom stereocenters. The first-order chi connectivity index (χ1) is 13.6. The standard InChI is InChI=1S/C25H18Cl2Si.Ti/c26-24-20-12-6-4-10-18(20)14-22(24)28-23-15-19-11-5-7-13-21(19)25(23,27)16-17-8-2-1-3-9-17;/h1-15,24H,16H2;. The van der Waals surface area contributed by atoms with Crippen LogP contribution in [-0.2, 0) is 33.0 Å². The molecule has 2 atom stereocenters. The molecule has 0 heterocycles. The second kappa shape index (κ2) is 8.41. The number of allylic oxidation sites excluding steroid dienone is 2. The summed E-state index contributed by atoms with van der Waals surface area (Å²) in [6.45, 7) is 0. The molecular weight excluding hydrogens is 447 g/mol. The molecule has 0 N–H and O–H groups in total. The molecule has 0 nitrogen and oxygen atoms in total. The van der Waals surface area contributed by atoms with Crippen LogP contribution in [0.15, 0.2) is 89.3 Å². The Morgan fingerprint density at radius 2 is 1.45 bits per heavy atom. The largest absolute Gasteiger partial charge is 0.115 e. The summed E-state index contributed by atoms with van der Waals surface area (Å²) in [6.07, 6.45) is 5.30. The summed E-state index contributed by atoms with van der Waals surface area (Å²) in [7, 11) is 0.474. The summed E-state index contributed by atoms with van der Waals surface area (Å²) >= 11 is 14.2. The van der Waals surface area contributed by atoms with Crippen molar-refractivity contribution >= 4 is 44.9 Å². The summed E-state index contributed by atoms with van der Waals surface area (Å²) in [5.74, 6) is 0. The van der Waals surface area contributed by atoms with Gasteiger partial charge in [0.25, 0.3) is 0 Å². The average Bonchev–Trinajstić information content (AvgIpc) is 3.18. The van der Waals surface area contributed by atoms with Gasteiger partial charge in [0.05, 0.1) is 10.3 Å². The first kappa shape index (κ1) is 20.9. The van der Waals surface area contributed by atoms with E-state index in [2.05, 4.69) is 84.9 Å². The van der Waals surface area contributed by atoms with E-state index in [1.54, 1.807) is 0 Å². The molecule has 2 radical (unpaired) electrons. The Kier molecular flexibility index (Phi) is 6.07. The molecule has 4 heteroatoms. The van der Waals surface area contributed by atoms with Crippen LogP contribution in [0.5, 0.6) is 0 Å². The van der Waals surface area contributed by atoms with E-state index in [1.165, 1.54) is 38.2 Å². The van der Waals surface area contributed by atoms with Crippen LogP contribution < -0.4 is 0 Å². The number of hydrogen-bond acceptors (Lipinski definition) is 0. The van der Waals surface area contributed by atoms with Gasteiger partial charge >= 0.3 is 0 Å². The minimum absolute atomic E-state index is 0. The third-order valence-corrected chi connectivity index (χ3v) is 8.45. The zero-order valence-electron chi connectivity index (χ0n) is 15.7. The molecule has 0 saturated heterocycles. The van der Waals surface area contributed by atoms with Crippen LogP contribution in [0.2, 0.25) is 0 Å². The predicted octanol–water partition coefficient (Wildman–Crippen LogP) is 6.75. The molecule has 0 fully saturated rings. The van der Waals surface area contributed by atoms with Gasteiger partial charge < -0.3 is 0 Å². The molecule has 0 spiro atoms. The molecule has 0 bridgehead atoms. The Bertz CT molecular complexity index is 1110. The SMILES string of the molecule is ClC1C([Si]C2=Cc3ccccc3C2(Cl)Cc2ccccc2)=Cc2ccccc21.[Ti]. The summed E-state index contributed by atoms with van der Waals surface area (Å²) in [5, 5.41) is 2.43. The van der Waals surface area contributed by atoms with Crippen molar-refractivity contribution in [1.29, 1.82) is 0 Å². The molecule has 3 aromatic rings. The topological polar surface area (TPSA) is 0 Å². The van der Waals surface area contributed by atoms with Crippen molar-refractivity contribution in [3.63, 3.8) is 0 Å². The minimum atomic E-state index is -0.525. The molecule has 3 aromatic carbocycles. The van der Waals surface area contributed by atoms with Gasteiger partial charge in [-0.25, -0.2) is 0 Å². The van der Waals surface area contributed by atoms with Crippen molar-refractivity contribution in [3.8, 4) is 0 Å². The Balaban J connectivity index is 0.00000205. The van der Waals surface area contributed by atoms with E-state index < -0.39 is 4.87 Å². The van der Waals surface area contributed by atoms with E-state index in [1.807, 2.05) is 6.07 Å². The summed E-state index contributed by atoms with van der Waals surface area (Å²) in [6, 6.07) is 27.4. The number of benzene rings is 3. The minimum Gasteiger partial charge on any atom is -0.113 e. The Hall–Kier alpha value is -1.35. The van der Waals surface area contributed by atoms with Gasteiger partial charge in [-0.2, -0.15) is 0 Å². The van der Waals surface area contributed by atoms with E-state index in [0.29, 0.717) is 9.52 Å². The van der Waals surface area contributed by atoms with Crippen molar-refractivity contribution in [2.24, 2.45) is 0 Å².